The average Bonchev–Trinajstić information content (AvgIpc) is 3.40. The van der Waals surface area contributed by atoms with Gasteiger partial charge in [-0.05, 0) is 67.6 Å². The molecule has 0 radical (unpaired) electrons. The molecule has 186 valence electrons. The molecule has 4 nitrogen and oxygen atoms in total. The number of hydrogen-bond acceptors (Lipinski definition) is 3. The summed E-state index contributed by atoms with van der Waals surface area (Å²) in [6.07, 6.45) is 0. The highest BCUT2D eigenvalue weighted by atomic mass is 16.3. The molecule has 1 atom stereocenters. The topological polar surface area (TPSA) is 43.9 Å². The fraction of sp³-hybridized carbons (Fsp3) is 0.273. The number of rotatable bonds is 3. The zero-order valence-electron chi connectivity index (χ0n) is 22.7. The molecule has 0 aliphatic rings. The number of furan rings is 1. The molecule has 0 saturated carbocycles. The Bertz CT molecular complexity index is 1790. The molecule has 37 heavy (non-hydrogen) atoms. The number of benzene rings is 3. The van der Waals surface area contributed by atoms with E-state index in [9.17, 15) is 0 Å². The van der Waals surface area contributed by atoms with Crippen LogP contribution in [-0.4, -0.2) is 14.5 Å². The molecular formula is C33H33N3O. The lowest BCUT2D eigenvalue weighted by Gasteiger charge is -2.26. The Kier molecular flexibility index (Phi) is 5.27. The Balaban J connectivity index is 1.65. The van der Waals surface area contributed by atoms with Crippen LogP contribution in [0.3, 0.4) is 0 Å². The first-order chi connectivity index (χ1) is 17.6. The highest BCUT2D eigenvalue weighted by Crippen LogP contribution is 2.40. The van der Waals surface area contributed by atoms with Gasteiger partial charge in [0.2, 0.25) is 5.71 Å². The van der Waals surface area contributed by atoms with Gasteiger partial charge in [0.05, 0.1) is 22.3 Å². The van der Waals surface area contributed by atoms with E-state index in [1.807, 2.05) is 6.07 Å². The van der Waals surface area contributed by atoms with Crippen LogP contribution in [0, 0.1) is 26.2 Å². The highest BCUT2D eigenvalue weighted by Gasteiger charge is 2.25. The Hall–Kier alpha value is -3.92. The van der Waals surface area contributed by atoms with Crippen molar-refractivity contribution in [1.82, 2.24) is 14.5 Å². The fourth-order valence-electron chi connectivity index (χ4n) is 5.51. The van der Waals surface area contributed by atoms with Crippen LogP contribution in [0.4, 0.5) is 0 Å². The van der Waals surface area contributed by atoms with Crippen molar-refractivity contribution in [2.75, 3.05) is 0 Å². The van der Waals surface area contributed by atoms with Crippen molar-refractivity contribution in [2.45, 2.75) is 54.4 Å². The lowest BCUT2D eigenvalue weighted by atomic mass is 9.80. The first-order valence-electron chi connectivity index (χ1n) is 13.0. The second kappa shape index (κ2) is 8.31. The number of aryl methyl sites for hydroxylation is 3. The number of aromatic nitrogens is 3. The van der Waals surface area contributed by atoms with Crippen molar-refractivity contribution < 1.29 is 4.42 Å². The van der Waals surface area contributed by atoms with Crippen molar-refractivity contribution >= 4 is 33.1 Å². The van der Waals surface area contributed by atoms with E-state index in [4.69, 9.17) is 14.4 Å². The molecule has 3 aromatic carbocycles. The number of fused-ring (bicyclic) bond motifs is 4. The minimum Gasteiger partial charge on any atom is -0.437 e. The lowest BCUT2D eigenvalue weighted by molar-refractivity contribution is 0.334. The first-order valence-corrected chi connectivity index (χ1v) is 13.0. The monoisotopic (exact) mass is 487 g/mol. The molecule has 0 N–H and O–H groups in total. The van der Waals surface area contributed by atoms with Crippen LogP contribution in [0.15, 0.2) is 71.1 Å². The molecular weight excluding hydrogens is 454 g/mol. The van der Waals surface area contributed by atoms with Gasteiger partial charge in [0, 0.05) is 22.4 Å². The van der Waals surface area contributed by atoms with E-state index < -0.39 is 0 Å². The number of hydrogen-bond donors (Lipinski definition) is 0. The minimum absolute atomic E-state index is 0.118. The van der Waals surface area contributed by atoms with Crippen LogP contribution in [0.1, 0.15) is 56.0 Å². The van der Waals surface area contributed by atoms with Crippen LogP contribution in [0.25, 0.3) is 50.2 Å². The van der Waals surface area contributed by atoms with Crippen molar-refractivity contribution in [3.63, 3.8) is 0 Å². The zero-order chi connectivity index (χ0) is 26.1. The molecule has 1 unspecified atom stereocenters. The predicted octanol–water partition coefficient (Wildman–Crippen LogP) is 9.06. The van der Waals surface area contributed by atoms with E-state index in [-0.39, 0.29) is 5.41 Å². The Morgan fingerprint density at radius 1 is 0.811 bits per heavy atom. The molecule has 0 fully saturated rings. The molecule has 0 saturated heterocycles. The van der Waals surface area contributed by atoms with Crippen LogP contribution >= 0.6 is 0 Å². The smallest absolute Gasteiger partial charge is 0.227 e. The van der Waals surface area contributed by atoms with Gasteiger partial charge in [0.25, 0.3) is 0 Å². The zero-order valence-corrected chi connectivity index (χ0v) is 22.7. The second-order valence-corrected chi connectivity index (χ2v) is 11.5. The number of pyridine rings is 1. The van der Waals surface area contributed by atoms with Gasteiger partial charge < -0.3 is 4.42 Å². The molecule has 3 heterocycles. The van der Waals surface area contributed by atoms with E-state index in [1.54, 1.807) is 0 Å². The van der Waals surface area contributed by atoms with Gasteiger partial charge in [-0.15, -0.1) is 0 Å². The third kappa shape index (κ3) is 3.74. The SMILES string of the molecule is Cc1cc(C)c(-n2c(-c3cccc4c3oc3nc(C(C)C(C)(C)C)ccc34)nc3ccccc32)c(C)c1. The molecule has 6 rings (SSSR count). The predicted molar refractivity (Wildman–Crippen MR) is 154 cm³/mol. The number of para-hydroxylation sites is 3. The van der Waals surface area contributed by atoms with Crippen molar-refractivity contribution in [2.24, 2.45) is 5.41 Å². The summed E-state index contributed by atoms with van der Waals surface area (Å²) in [5.74, 6) is 1.19. The molecule has 0 amide bonds. The van der Waals surface area contributed by atoms with Crippen LogP contribution in [0.2, 0.25) is 0 Å². The summed E-state index contributed by atoms with van der Waals surface area (Å²) in [6.45, 7) is 15.5. The third-order valence-electron chi connectivity index (χ3n) is 7.79. The average molecular weight is 488 g/mol. The molecule has 0 aliphatic heterocycles. The summed E-state index contributed by atoms with van der Waals surface area (Å²) >= 11 is 0. The van der Waals surface area contributed by atoms with Gasteiger partial charge in [0.15, 0.2) is 0 Å². The van der Waals surface area contributed by atoms with Gasteiger partial charge in [-0.3, -0.25) is 4.57 Å². The van der Waals surface area contributed by atoms with Gasteiger partial charge in [-0.1, -0.05) is 69.7 Å². The van der Waals surface area contributed by atoms with Gasteiger partial charge >= 0.3 is 0 Å². The lowest BCUT2D eigenvalue weighted by Crippen LogP contribution is -2.16. The molecule has 4 heteroatoms. The van der Waals surface area contributed by atoms with E-state index in [1.165, 1.54) is 22.4 Å². The van der Waals surface area contributed by atoms with E-state index >= 15 is 0 Å². The summed E-state index contributed by atoms with van der Waals surface area (Å²) in [5, 5.41) is 2.10. The van der Waals surface area contributed by atoms with Gasteiger partial charge in [-0.2, -0.15) is 0 Å². The minimum atomic E-state index is 0.118. The molecule has 0 aliphatic carbocycles. The van der Waals surface area contributed by atoms with E-state index in [2.05, 4.69) is 114 Å². The third-order valence-corrected chi connectivity index (χ3v) is 7.79. The number of imidazole rings is 1. The maximum absolute atomic E-state index is 6.54. The van der Waals surface area contributed by atoms with Crippen LogP contribution < -0.4 is 0 Å². The van der Waals surface area contributed by atoms with Crippen LogP contribution in [-0.2, 0) is 0 Å². The molecule has 6 aromatic rings. The normalized spacial score (nSPS) is 13.2. The Labute approximate surface area is 218 Å². The standard InChI is InChI=1S/C33H33N3O/c1-19-17-20(2)29(21(3)18-19)36-28-14-9-8-13-27(28)34-31(36)25-12-10-11-23-24-15-16-26(22(4)33(5,6)7)35-32(24)37-30(23)25/h8-18,22H,1-7H3. The van der Waals surface area contributed by atoms with Gasteiger partial charge in [0.1, 0.15) is 11.4 Å². The van der Waals surface area contributed by atoms with Crippen LogP contribution in [0.5, 0.6) is 0 Å². The summed E-state index contributed by atoms with van der Waals surface area (Å²) in [6, 6.07) is 23.5. The highest BCUT2D eigenvalue weighted by molar-refractivity contribution is 6.08. The summed E-state index contributed by atoms with van der Waals surface area (Å²) in [4.78, 5) is 10.1. The van der Waals surface area contributed by atoms with Crippen molar-refractivity contribution in [3.05, 3.63) is 89.1 Å². The largest absolute Gasteiger partial charge is 0.437 e. The Morgan fingerprint density at radius 3 is 2.27 bits per heavy atom. The second-order valence-electron chi connectivity index (χ2n) is 11.5. The molecule has 0 bridgehead atoms. The van der Waals surface area contributed by atoms with E-state index in [0.717, 1.165) is 44.5 Å². The molecule has 3 aromatic heterocycles. The first kappa shape index (κ1) is 23.5. The summed E-state index contributed by atoms with van der Waals surface area (Å²) < 4.78 is 8.84. The number of nitrogens with zero attached hydrogens (tertiary/aromatic N) is 3. The van der Waals surface area contributed by atoms with E-state index in [0.29, 0.717) is 11.6 Å². The van der Waals surface area contributed by atoms with Crippen molar-refractivity contribution in [1.29, 1.82) is 0 Å². The van der Waals surface area contributed by atoms with Crippen molar-refractivity contribution in [3.8, 4) is 17.1 Å². The summed E-state index contributed by atoms with van der Waals surface area (Å²) in [7, 11) is 0. The Morgan fingerprint density at radius 2 is 1.54 bits per heavy atom. The quantitative estimate of drug-likeness (QED) is 0.250. The molecule has 0 spiro atoms. The summed E-state index contributed by atoms with van der Waals surface area (Å²) in [5.41, 5.74) is 10.6. The maximum Gasteiger partial charge on any atom is 0.227 e. The van der Waals surface area contributed by atoms with Gasteiger partial charge in [-0.25, -0.2) is 9.97 Å². The maximum atomic E-state index is 6.54. The fourth-order valence-corrected chi connectivity index (χ4v) is 5.51.